The molecule has 0 bridgehead atoms. The number of hydrogen-bond donors (Lipinski definition) is 1. The summed E-state index contributed by atoms with van der Waals surface area (Å²) in [6, 6.07) is 10.1. The fourth-order valence-corrected chi connectivity index (χ4v) is 4.89. The topological polar surface area (TPSA) is 75.7 Å². The van der Waals surface area contributed by atoms with E-state index in [-0.39, 0.29) is 29.8 Å². The summed E-state index contributed by atoms with van der Waals surface area (Å²) >= 11 is 0. The molecular formula is C21H24F2N2O4S. The molecule has 162 valence electrons. The summed E-state index contributed by atoms with van der Waals surface area (Å²) in [7, 11) is -2.32. The Morgan fingerprint density at radius 1 is 1.10 bits per heavy atom. The van der Waals surface area contributed by atoms with Crippen molar-refractivity contribution in [2.24, 2.45) is 5.92 Å². The molecule has 1 amide bonds. The molecule has 0 aromatic heterocycles. The number of rotatable bonds is 7. The van der Waals surface area contributed by atoms with Crippen LogP contribution in [0.3, 0.4) is 0 Å². The lowest BCUT2D eigenvalue weighted by atomic mass is 9.97. The second-order valence-electron chi connectivity index (χ2n) is 7.14. The van der Waals surface area contributed by atoms with E-state index in [4.69, 9.17) is 4.74 Å². The SMILES string of the molecule is COc1ccc(CCNC(=O)C2CCN(S(=O)(=O)c3ccc(F)c(F)c3)CC2)cc1. The van der Waals surface area contributed by atoms with Gasteiger partial charge >= 0.3 is 0 Å². The number of hydrogen-bond acceptors (Lipinski definition) is 4. The molecule has 30 heavy (non-hydrogen) atoms. The van der Waals surface area contributed by atoms with E-state index >= 15 is 0 Å². The highest BCUT2D eigenvalue weighted by molar-refractivity contribution is 7.89. The van der Waals surface area contributed by atoms with Crippen molar-refractivity contribution in [1.82, 2.24) is 9.62 Å². The Labute approximate surface area is 174 Å². The second kappa shape index (κ2) is 9.53. The Morgan fingerprint density at radius 2 is 1.77 bits per heavy atom. The van der Waals surface area contributed by atoms with Gasteiger partial charge in [-0.2, -0.15) is 4.31 Å². The van der Waals surface area contributed by atoms with Gasteiger partial charge in [0, 0.05) is 25.6 Å². The van der Waals surface area contributed by atoms with E-state index in [0.717, 1.165) is 23.4 Å². The molecule has 0 unspecified atom stereocenters. The van der Waals surface area contributed by atoms with Gasteiger partial charge in [0.25, 0.3) is 0 Å². The Bertz CT molecular complexity index is 989. The van der Waals surface area contributed by atoms with Crippen LogP contribution in [0.2, 0.25) is 0 Å². The van der Waals surface area contributed by atoms with Crippen LogP contribution in [0.1, 0.15) is 18.4 Å². The zero-order valence-electron chi connectivity index (χ0n) is 16.6. The summed E-state index contributed by atoms with van der Waals surface area (Å²) < 4.78 is 58.1. The summed E-state index contributed by atoms with van der Waals surface area (Å²) in [5.74, 6) is -1.92. The summed E-state index contributed by atoms with van der Waals surface area (Å²) in [4.78, 5) is 12.1. The molecule has 1 aliphatic rings. The van der Waals surface area contributed by atoms with Gasteiger partial charge in [0.15, 0.2) is 11.6 Å². The predicted octanol–water partition coefficient (Wildman–Crippen LogP) is 2.73. The van der Waals surface area contributed by atoms with Crippen molar-refractivity contribution in [3.63, 3.8) is 0 Å². The number of methoxy groups -OCH3 is 1. The number of piperidine rings is 1. The van der Waals surface area contributed by atoms with E-state index in [9.17, 15) is 22.0 Å². The quantitative estimate of drug-likeness (QED) is 0.721. The van der Waals surface area contributed by atoms with Crippen LogP contribution < -0.4 is 10.1 Å². The van der Waals surface area contributed by atoms with Gasteiger partial charge in [-0.15, -0.1) is 0 Å². The zero-order valence-corrected chi connectivity index (χ0v) is 17.4. The third kappa shape index (κ3) is 5.14. The fraction of sp³-hybridized carbons (Fsp3) is 0.381. The summed E-state index contributed by atoms with van der Waals surface area (Å²) in [5.41, 5.74) is 1.07. The van der Waals surface area contributed by atoms with Crippen LogP contribution >= 0.6 is 0 Å². The molecule has 1 saturated heterocycles. The van der Waals surface area contributed by atoms with E-state index in [1.54, 1.807) is 7.11 Å². The van der Waals surface area contributed by atoms with Crippen molar-refractivity contribution < 1.29 is 26.7 Å². The number of benzene rings is 2. The molecule has 3 rings (SSSR count). The maximum absolute atomic E-state index is 13.4. The molecule has 0 atom stereocenters. The highest BCUT2D eigenvalue weighted by atomic mass is 32.2. The van der Waals surface area contributed by atoms with E-state index in [2.05, 4.69) is 5.32 Å². The molecule has 0 spiro atoms. The average Bonchev–Trinajstić information content (AvgIpc) is 2.76. The first-order valence-electron chi connectivity index (χ1n) is 9.67. The first-order valence-corrected chi connectivity index (χ1v) is 11.1. The van der Waals surface area contributed by atoms with Crippen LogP contribution in [0.15, 0.2) is 47.4 Å². The van der Waals surface area contributed by atoms with E-state index in [0.29, 0.717) is 31.9 Å². The van der Waals surface area contributed by atoms with Gasteiger partial charge in [0.2, 0.25) is 15.9 Å². The predicted molar refractivity (Wildman–Crippen MR) is 108 cm³/mol. The Kier molecular flexibility index (Phi) is 7.04. The molecule has 0 saturated carbocycles. The molecule has 0 aliphatic carbocycles. The minimum Gasteiger partial charge on any atom is -0.497 e. The van der Waals surface area contributed by atoms with E-state index in [1.165, 1.54) is 4.31 Å². The largest absolute Gasteiger partial charge is 0.497 e. The molecule has 1 aliphatic heterocycles. The number of amides is 1. The van der Waals surface area contributed by atoms with Gasteiger partial charge in [0.05, 0.1) is 12.0 Å². The van der Waals surface area contributed by atoms with Crippen molar-refractivity contribution in [3.05, 3.63) is 59.7 Å². The van der Waals surface area contributed by atoms with Gasteiger partial charge in [-0.05, 0) is 55.2 Å². The number of carbonyl (C=O) groups is 1. The highest BCUT2D eigenvalue weighted by Crippen LogP contribution is 2.25. The molecule has 1 heterocycles. The fourth-order valence-electron chi connectivity index (χ4n) is 3.41. The van der Waals surface area contributed by atoms with Crippen LogP contribution in [0.4, 0.5) is 8.78 Å². The maximum Gasteiger partial charge on any atom is 0.243 e. The highest BCUT2D eigenvalue weighted by Gasteiger charge is 2.32. The molecule has 6 nitrogen and oxygen atoms in total. The van der Waals surface area contributed by atoms with Crippen molar-refractivity contribution in [3.8, 4) is 5.75 Å². The lowest BCUT2D eigenvalue weighted by Crippen LogP contribution is -2.43. The standard InChI is InChI=1S/C21H24F2N2O4S/c1-29-17-4-2-15(3-5-17)8-11-24-21(26)16-9-12-25(13-10-16)30(27,28)18-6-7-19(22)20(23)14-18/h2-7,14,16H,8-13H2,1H3,(H,24,26). The third-order valence-electron chi connectivity index (χ3n) is 5.23. The van der Waals surface area contributed by atoms with Gasteiger partial charge in [-0.1, -0.05) is 12.1 Å². The van der Waals surface area contributed by atoms with Crippen LogP contribution in [-0.2, 0) is 21.2 Å². The van der Waals surface area contributed by atoms with Crippen LogP contribution in [0.25, 0.3) is 0 Å². The number of carbonyl (C=O) groups excluding carboxylic acids is 1. The number of ether oxygens (including phenoxy) is 1. The normalized spacial score (nSPS) is 15.7. The minimum atomic E-state index is -3.92. The average molecular weight is 438 g/mol. The monoisotopic (exact) mass is 438 g/mol. The summed E-state index contributed by atoms with van der Waals surface area (Å²) in [5, 5.41) is 2.90. The third-order valence-corrected chi connectivity index (χ3v) is 7.12. The molecule has 2 aromatic carbocycles. The molecule has 1 fully saturated rings. The molecular weight excluding hydrogens is 414 g/mol. The lowest BCUT2D eigenvalue weighted by Gasteiger charge is -2.30. The van der Waals surface area contributed by atoms with E-state index < -0.39 is 21.7 Å². The number of sulfonamides is 1. The lowest BCUT2D eigenvalue weighted by molar-refractivity contribution is -0.126. The van der Waals surface area contributed by atoms with Gasteiger partial charge in [-0.3, -0.25) is 4.79 Å². The van der Waals surface area contributed by atoms with Crippen molar-refractivity contribution in [2.45, 2.75) is 24.2 Å². The van der Waals surface area contributed by atoms with Crippen molar-refractivity contribution in [1.29, 1.82) is 0 Å². The Hall–Kier alpha value is -2.52. The molecule has 2 aromatic rings. The molecule has 9 heteroatoms. The number of nitrogens with zero attached hydrogens (tertiary/aromatic N) is 1. The van der Waals surface area contributed by atoms with Gasteiger partial charge < -0.3 is 10.1 Å². The Morgan fingerprint density at radius 3 is 2.37 bits per heavy atom. The minimum absolute atomic E-state index is 0.103. The Balaban J connectivity index is 1.49. The van der Waals surface area contributed by atoms with Gasteiger partial charge in [0.1, 0.15) is 5.75 Å². The number of nitrogens with one attached hydrogen (secondary N) is 1. The van der Waals surface area contributed by atoms with Crippen molar-refractivity contribution in [2.75, 3.05) is 26.7 Å². The summed E-state index contributed by atoms with van der Waals surface area (Å²) in [6.07, 6.45) is 1.42. The zero-order chi connectivity index (χ0) is 21.7. The van der Waals surface area contributed by atoms with Crippen LogP contribution in [-0.4, -0.2) is 45.4 Å². The number of halogens is 2. The molecule has 0 radical (unpaired) electrons. The van der Waals surface area contributed by atoms with Crippen molar-refractivity contribution >= 4 is 15.9 Å². The van der Waals surface area contributed by atoms with Crippen LogP contribution in [0, 0.1) is 17.6 Å². The first-order chi connectivity index (χ1) is 14.3. The van der Waals surface area contributed by atoms with Crippen LogP contribution in [0.5, 0.6) is 5.75 Å². The smallest absolute Gasteiger partial charge is 0.243 e. The van der Waals surface area contributed by atoms with E-state index in [1.807, 2.05) is 24.3 Å². The first kappa shape index (κ1) is 22.2. The molecule has 1 N–H and O–H groups in total. The van der Waals surface area contributed by atoms with Gasteiger partial charge in [-0.25, -0.2) is 17.2 Å². The summed E-state index contributed by atoms with van der Waals surface area (Å²) in [6.45, 7) is 0.786. The second-order valence-corrected chi connectivity index (χ2v) is 9.08. The maximum atomic E-state index is 13.4.